The Morgan fingerprint density at radius 2 is 1.94 bits per heavy atom. The van der Waals surface area contributed by atoms with E-state index in [0.717, 1.165) is 25.0 Å². The molecule has 5 atom stereocenters. The molecule has 2 fully saturated rings. The van der Waals surface area contributed by atoms with Crippen molar-refractivity contribution < 1.29 is 29.0 Å². The molecule has 0 aliphatic heterocycles. The summed E-state index contributed by atoms with van der Waals surface area (Å²) in [6, 6.07) is 5.43. The normalized spacial score (nSPS) is 23.3. The van der Waals surface area contributed by atoms with Gasteiger partial charge in [-0.1, -0.05) is 26.0 Å². The highest BCUT2D eigenvalue weighted by atomic mass is 32.1. The van der Waals surface area contributed by atoms with Gasteiger partial charge >= 0.3 is 5.97 Å². The molecule has 2 heterocycles. The van der Waals surface area contributed by atoms with Gasteiger partial charge in [0.15, 0.2) is 10.8 Å². The van der Waals surface area contributed by atoms with Gasteiger partial charge in [0.1, 0.15) is 17.4 Å². The van der Waals surface area contributed by atoms with Gasteiger partial charge in [-0.15, -0.1) is 24.5 Å². The van der Waals surface area contributed by atoms with Crippen molar-refractivity contribution in [1.82, 2.24) is 25.2 Å². The van der Waals surface area contributed by atoms with Gasteiger partial charge in [-0.05, 0) is 56.6 Å². The molecule has 11 nitrogen and oxygen atoms in total. The largest absolute Gasteiger partial charge is 0.497 e. The molecule has 2 aromatic heterocycles. The molecule has 5 rings (SSSR count). The summed E-state index contributed by atoms with van der Waals surface area (Å²) in [5.41, 5.74) is 0.147. The molecule has 2 amide bonds. The van der Waals surface area contributed by atoms with Crippen LogP contribution in [0.25, 0.3) is 21.7 Å². The number of unbranched alkanes of at least 4 members (excludes halogenated alkanes) is 2. The van der Waals surface area contributed by atoms with Gasteiger partial charge in [0.2, 0.25) is 17.7 Å². The van der Waals surface area contributed by atoms with Crippen LogP contribution in [0.15, 0.2) is 48.9 Å². The van der Waals surface area contributed by atoms with Gasteiger partial charge in [0, 0.05) is 31.0 Å². The number of aliphatic carboxylic acids is 1. The molecule has 0 radical (unpaired) electrons. The van der Waals surface area contributed by atoms with Crippen molar-refractivity contribution in [3.8, 4) is 22.5 Å². The number of methoxy groups -OCH3 is 1. The van der Waals surface area contributed by atoms with Crippen LogP contribution in [0.5, 0.6) is 11.6 Å². The number of rotatable bonds is 15. The third-order valence-electron chi connectivity index (χ3n) is 9.18. The fourth-order valence-electron chi connectivity index (χ4n) is 6.21. The fraction of sp³-hybridized carbons (Fsp3) is 0.486. The Balaban J connectivity index is 1.45. The lowest BCUT2D eigenvalue weighted by atomic mass is 9.93. The Bertz CT molecular complexity index is 1670. The minimum absolute atomic E-state index is 0.169. The first-order valence-electron chi connectivity index (χ1n) is 16.0. The van der Waals surface area contributed by atoms with Crippen molar-refractivity contribution in [2.24, 2.45) is 17.8 Å². The Morgan fingerprint density at radius 3 is 2.57 bits per heavy atom. The summed E-state index contributed by atoms with van der Waals surface area (Å²) in [4.78, 5) is 55.7. The standard InChI is InChI=1S/C35H43N5O6S/c1-7-9-10-11-14-40(5)33(42)26-16-23(15-25(26)30(41)39-35(34(43)44)18-21(35)8-2)46-31-24-13-12-22(45-6)17-27(24)36-29(38-31)32-37-28(19-47-32)20(3)4/h7-8,12-13,17,19-21,23,25-26H,1-2,9-11,14-16,18H2,3-6H3,(H,39,41)(H,43,44). The van der Waals surface area contributed by atoms with Crippen molar-refractivity contribution in [3.05, 3.63) is 54.6 Å². The summed E-state index contributed by atoms with van der Waals surface area (Å²) in [5.74, 6) is -2.01. The molecule has 12 heteroatoms. The lowest BCUT2D eigenvalue weighted by Gasteiger charge is -2.25. The first kappa shape index (κ1) is 34.0. The minimum atomic E-state index is -1.40. The maximum absolute atomic E-state index is 13.8. The monoisotopic (exact) mass is 661 g/mol. The summed E-state index contributed by atoms with van der Waals surface area (Å²) in [5, 5.41) is 16.0. The first-order chi connectivity index (χ1) is 22.5. The fourth-order valence-corrected chi connectivity index (χ4v) is 7.13. The van der Waals surface area contributed by atoms with Crippen LogP contribution in [0.2, 0.25) is 0 Å². The summed E-state index contributed by atoms with van der Waals surface area (Å²) in [7, 11) is 3.32. The van der Waals surface area contributed by atoms with Crippen LogP contribution in [0.4, 0.5) is 0 Å². The number of carbonyl (C=O) groups excluding carboxylic acids is 2. The van der Waals surface area contributed by atoms with Crippen molar-refractivity contribution in [3.63, 3.8) is 0 Å². The molecule has 250 valence electrons. The second kappa shape index (κ2) is 14.2. The first-order valence-corrected chi connectivity index (χ1v) is 16.9. The van der Waals surface area contributed by atoms with Gasteiger partial charge in [-0.25, -0.2) is 14.8 Å². The van der Waals surface area contributed by atoms with E-state index in [4.69, 9.17) is 24.4 Å². The molecule has 5 unspecified atom stereocenters. The number of aromatic nitrogens is 3. The van der Waals surface area contributed by atoms with Gasteiger partial charge in [-0.3, -0.25) is 9.59 Å². The molecule has 1 aromatic carbocycles. The predicted molar refractivity (Wildman–Crippen MR) is 180 cm³/mol. The number of hydrogen-bond donors (Lipinski definition) is 2. The number of amides is 2. The van der Waals surface area contributed by atoms with Gasteiger partial charge in [-0.2, -0.15) is 4.98 Å². The van der Waals surface area contributed by atoms with E-state index in [1.54, 1.807) is 37.3 Å². The number of benzene rings is 1. The maximum Gasteiger partial charge on any atom is 0.330 e. The Labute approximate surface area is 279 Å². The molecule has 0 saturated heterocycles. The number of thiazole rings is 1. The van der Waals surface area contributed by atoms with Gasteiger partial charge in [0.05, 0.1) is 35.5 Å². The number of fused-ring (bicyclic) bond motifs is 1. The zero-order valence-electron chi connectivity index (χ0n) is 27.4. The van der Waals surface area contributed by atoms with Crippen molar-refractivity contribution >= 4 is 40.0 Å². The van der Waals surface area contributed by atoms with Crippen LogP contribution in [0.1, 0.15) is 64.0 Å². The SMILES string of the molecule is C=CCCCCN(C)C(=O)C1CC(Oc2nc(-c3nc(C(C)C)cs3)nc3cc(OC)ccc23)CC1C(=O)NC1(C(=O)O)CC1C=C. The molecule has 2 aliphatic carbocycles. The van der Waals surface area contributed by atoms with E-state index in [1.165, 1.54) is 11.3 Å². The molecular weight excluding hydrogens is 618 g/mol. The summed E-state index contributed by atoms with van der Waals surface area (Å²) < 4.78 is 12.0. The molecule has 2 N–H and O–H groups in total. The third kappa shape index (κ3) is 7.17. The number of nitrogens with one attached hydrogen (secondary N) is 1. The third-order valence-corrected chi connectivity index (χ3v) is 10.0. The van der Waals surface area contributed by atoms with Crippen LogP contribution in [-0.2, 0) is 14.4 Å². The van der Waals surface area contributed by atoms with E-state index < -0.39 is 35.4 Å². The number of ether oxygens (including phenoxy) is 2. The zero-order chi connectivity index (χ0) is 33.9. The maximum atomic E-state index is 13.8. The minimum Gasteiger partial charge on any atom is -0.497 e. The van der Waals surface area contributed by atoms with Crippen LogP contribution in [0, 0.1) is 17.8 Å². The summed E-state index contributed by atoms with van der Waals surface area (Å²) in [6.45, 7) is 12.2. The topological polar surface area (TPSA) is 144 Å². The number of nitrogens with zero attached hydrogens (tertiary/aromatic N) is 4. The summed E-state index contributed by atoms with van der Waals surface area (Å²) in [6.07, 6.45) is 6.16. The van der Waals surface area contributed by atoms with Crippen LogP contribution >= 0.6 is 11.3 Å². The number of carboxylic acids is 1. The van der Waals surface area contributed by atoms with Crippen molar-refractivity contribution in [2.45, 2.75) is 69.9 Å². The van der Waals surface area contributed by atoms with Crippen LogP contribution in [-0.4, -0.2) is 75.1 Å². The average Bonchev–Trinajstić information content (AvgIpc) is 3.36. The quantitative estimate of drug-likeness (QED) is 0.157. The van der Waals surface area contributed by atoms with E-state index in [0.29, 0.717) is 39.9 Å². The molecule has 0 spiro atoms. The summed E-state index contributed by atoms with van der Waals surface area (Å²) >= 11 is 1.45. The molecule has 2 aliphatic rings. The van der Waals surface area contributed by atoms with Crippen molar-refractivity contribution in [2.75, 3.05) is 20.7 Å². The second-order valence-electron chi connectivity index (χ2n) is 12.7. The second-order valence-corrected chi connectivity index (χ2v) is 13.6. The van der Waals surface area contributed by atoms with E-state index in [-0.39, 0.29) is 37.0 Å². The molecule has 47 heavy (non-hydrogen) atoms. The Hall–Kier alpha value is -4.32. The number of hydrogen-bond acceptors (Lipinski definition) is 9. The Kier molecular flexibility index (Phi) is 10.3. The van der Waals surface area contributed by atoms with E-state index in [1.807, 2.05) is 17.5 Å². The number of carboxylic acid groups (broad SMARTS) is 1. The van der Waals surface area contributed by atoms with Gasteiger partial charge in [0.25, 0.3) is 0 Å². The Morgan fingerprint density at radius 1 is 1.17 bits per heavy atom. The number of allylic oxidation sites excluding steroid dienone is 1. The van der Waals surface area contributed by atoms with E-state index in [2.05, 4.69) is 32.3 Å². The van der Waals surface area contributed by atoms with Crippen LogP contribution in [0.3, 0.4) is 0 Å². The predicted octanol–water partition coefficient (Wildman–Crippen LogP) is 5.62. The highest BCUT2D eigenvalue weighted by Crippen LogP contribution is 2.46. The van der Waals surface area contributed by atoms with Crippen LogP contribution < -0.4 is 14.8 Å². The van der Waals surface area contributed by atoms with Gasteiger partial charge < -0.3 is 24.8 Å². The van der Waals surface area contributed by atoms with Crippen molar-refractivity contribution in [1.29, 1.82) is 0 Å². The smallest absolute Gasteiger partial charge is 0.330 e. The highest BCUT2D eigenvalue weighted by molar-refractivity contribution is 7.13. The molecule has 2 saturated carbocycles. The average molecular weight is 662 g/mol. The molecule has 0 bridgehead atoms. The zero-order valence-corrected chi connectivity index (χ0v) is 28.2. The lowest BCUT2D eigenvalue weighted by Crippen LogP contribution is -2.49. The molecular formula is C35H43N5O6S. The highest BCUT2D eigenvalue weighted by Gasteiger charge is 2.61. The lowest BCUT2D eigenvalue weighted by molar-refractivity contribution is -0.145. The van der Waals surface area contributed by atoms with E-state index >= 15 is 0 Å². The van der Waals surface area contributed by atoms with E-state index in [9.17, 15) is 19.5 Å². The number of carbonyl (C=O) groups is 3. The molecule has 3 aromatic rings.